The Hall–Kier alpha value is -2.59. The quantitative estimate of drug-likeness (QED) is 0.465. The topological polar surface area (TPSA) is 83.4 Å². The lowest BCUT2D eigenvalue weighted by Crippen LogP contribution is -2.45. The Kier molecular flexibility index (Phi) is 6.15. The van der Waals surface area contributed by atoms with Gasteiger partial charge in [0.25, 0.3) is 0 Å². The largest absolute Gasteiger partial charge is 0.494 e. The molecule has 0 spiro atoms. The van der Waals surface area contributed by atoms with E-state index in [1.807, 2.05) is 24.3 Å². The highest BCUT2D eigenvalue weighted by Gasteiger charge is 2.30. The number of nitriles is 1. The number of carbonyl (C=O) groups excluding carboxylic acids is 1. The van der Waals surface area contributed by atoms with Crippen LogP contribution in [0.25, 0.3) is 0 Å². The van der Waals surface area contributed by atoms with Gasteiger partial charge >= 0.3 is 5.97 Å². The van der Waals surface area contributed by atoms with Crippen LogP contribution in [0.3, 0.4) is 0 Å². The number of nitrogens with zero attached hydrogens (tertiary/aromatic N) is 1. The van der Waals surface area contributed by atoms with E-state index in [0.717, 1.165) is 5.56 Å². The number of rotatable bonds is 6. The Morgan fingerprint density at radius 1 is 1.46 bits per heavy atom. The lowest BCUT2D eigenvalue weighted by molar-refractivity contribution is -0.136. The Morgan fingerprint density at radius 2 is 2.25 bits per heavy atom. The lowest BCUT2D eigenvalue weighted by Gasteiger charge is -2.29. The summed E-state index contributed by atoms with van der Waals surface area (Å²) >= 11 is 5.20. The molecule has 0 saturated carbocycles. The number of benzene rings is 1. The van der Waals surface area contributed by atoms with E-state index in [1.165, 1.54) is 7.11 Å². The molecule has 0 fully saturated rings. The maximum Gasteiger partial charge on any atom is 0.337 e. The summed E-state index contributed by atoms with van der Waals surface area (Å²) in [7, 11) is 1.35. The molecule has 1 heterocycles. The molecular formula is C17H19N3O3S. The highest BCUT2D eigenvalue weighted by molar-refractivity contribution is 7.80. The third kappa shape index (κ3) is 4.24. The maximum atomic E-state index is 12.1. The van der Waals surface area contributed by atoms with Crippen LogP contribution in [-0.4, -0.2) is 24.8 Å². The standard InChI is InChI=1S/C17H19N3O3S/c1-11-14(16(21)22-2)15(20-17(24)19-11)12-6-5-7-13(10-12)23-9-4-3-8-18/h5-7,10,15H,3-4,9H2,1-2H3,(H2,19,20,24)/t15-/m1/s1. The molecule has 126 valence electrons. The first-order chi connectivity index (χ1) is 11.6. The van der Waals surface area contributed by atoms with Crippen molar-refractivity contribution in [3.63, 3.8) is 0 Å². The number of nitrogens with one attached hydrogen (secondary N) is 2. The molecule has 6 nitrogen and oxygen atoms in total. The number of hydrogen-bond donors (Lipinski definition) is 2. The fraction of sp³-hybridized carbons (Fsp3) is 0.353. The van der Waals surface area contributed by atoms with Gasteiger partial charge in [-0.1, -0.05) is 12.1 Å². The second-order valence-corrected chi connectivity index (χ2v) is 5.65. The smallest absolute Gasteiger partial charge is 0.337 e. The van der Waals surface area contributed by atoms with Crippen molar-refractivity contribution in [2.75, 3.05) is 13.7 Å². The highest BCUT2D eigenvalue weighted by atomic mass is 32.1. The van der Waals surface area contributed by atoms with E-state index in [-0.39, 0.29) is 0 Å². The SMILES string of the molecule is COC(=O)C1=C(C)NC(=S)N[C@@H]1c1cccc(OCCCC#N)c1. The van der Waals surface area contributed by atoms with E-state index in [9.17, 15) is 4.79 Å². The van der Waals surface area contributed by atoms with Crippen molar-refractivity contribution in [3.8, 4) is 11.8 Å². The average molecular weight is 345 g/mol. The zero-order valence-corrected chi connectivity index (χ0v) is 14.4. The third-order valence-electron chi connectivity index (χ3n) is 3.57. The van der Waals surface area contributed by atoms with Gasteiger partial charge in [-0.15, -0.1) is 0 Å². The van der Waals surface area contributed by atoms with E-state index in [0.29, 0.717) is 41.6 Å². The Balaban J connectivity index is 2.25. The summed E-state index contributed by atoms with van der Waals surface area (Å²) < 4.78 is 10.5. The third-order valence-corrected chi connectivity index (χ3v) is 3.79. The molecule has 1 aromatic carbocycles. The minimum absolute atomic E-state index is 0.408. The number of esters is 1. The molecule has 1 aromatic rings. The number of carbonyl (C=O) groups is 1. The Bertz CT molecular complexity index is 709. The van der Waals surface area contributed by atoms with Gasteiger partial charge in [0.1, 0.15) is 5.75 Å². The minimum atomic E-state index is -0.416. The van der Waals surface area contributed by atoms with Crippen LogP contribution in [0.15, 0.2) is 35.5 Å². The van der Waals surface area contributed by atoms with Gasteiger partial charge < -0.3 is 20.1 Å². The van der Waals surface area contributed by atoms with Gasteiger partial charge in [0.05, 0.1) is 31.4 Å². The molecule has 1 aliphatic rings. The van der Waals surface area contributed by atoms with E-state index in [2.05, 4.69) is 16.7 Å². The van der Waals surface area contributed by atoms with Gasteiger partial charge in [-0.3, -0.25) is 0 Å². The van der Waals surface area contributed by atoms with Gasteiger partial charge in [0.2, 0.25) is 0 Å². The second kappa shape index (κ2) is 8.31. The van der Waals surface area contributed by atoms with Crippen molar-refractivity contribution in [2.24, 2.45) is 0 Å². The molecule has 1 atom stereocenters. The van der Waals surface area contributed by atoms with Crippen LogP contribution in [0.1, 0.15) is 31.4 Å². The van der Waals surface area contributed by atoms with Crippen molar-refractivity contribution < 1.29 is 14.3 Å². The molecule has 1 aliphatic heterocycles. The Labute approximate surface area is 146 Å². The summed E-state index contributed by atoms with van der Waals surface area (Å²) in [5, 5.41) is 15.0. The summed E-state index contributed by atoms with van der Waals surface area (Å²) in [5.74, 6) is 0.263. The number of hydrogen-bond acceptors (Lipinski definition) is 5. The number of thiocarbonyl (C=S) groups is 1. The number of unbranched alkanes of at least 4 members (excludes halogenated alkanes) is 1. The fourth-order valence-electron chi connectivity index (χ4n) is 2.45. The summed E-state index contributed by atoms with van der Waals surface area (Å²) in [6, 6.07) is 9.11. The number of methoxy groups -OCH3 is 1. The first-order valence-corrected chi connectivity index (χ1v) is 7.94. The summed E-state index contributed by atoms with van der Waals surface area (Å²) in [5.41, 5.74) is 1.99. The van der Waals surface area contributed by atoms with Crippen LogP contribution in [0.2, 0.25) is 0 Å². The summed E-state index contributed by atoms with van der Waals surface area (Å²) in [6.07, 6.45) is 1.13. The zero-order chi connectivity index (χ0) is 17.5. The Morgan fingerprint density at radius 3 is 2.96 bits per heavy atom. The molecule has 0 saturated heterocycles. The molecule has 0 aromatic heterocycles. The summed E-state index contributed by atoms with van der Waals surface area (Å²) in [6.45, 7) is 2.25. The fourth-order valence-corrected chi connectivity index (χ4v) is 2.72. The molecule has 24 heavy (non-hydrogen) atoms. The lowest BCUT2D eigenvalue weighted by atomic mass is 9.95. The van der Waals surface area contributed by atoms with Crippen LogP contribution >= 0.6 is 12.2 Å². The molecule has 0 radical (unpaired) electrons. The van der Waals surface area contributed by atoms with Crippen LogP contribution in [0.4, 0.5) is 0 Å². The molecular weight excluding hydrogens is 326 g/mol. The monoisotopic (exact) mass is 345 g/mol. The zero-order valence-electron chi connectivity index (χ0n) is 13.6. The van der Waals surface area contributed by atoms with Gasteiger partial charge in [0.15, 0.2) is 5.11 Å². The van der Waals surface area contributed by atoms with Gasteiger partial charge in [-0.05, 0) is 43.3 Å². The van der Waals surface area contributed by atoms with E-state index >= 15 is 0 Å². The number of ether oxygens (including phenoxy) is 2. The summed E-state index contributed by atoms with van der Waals surface area (Å²) in [4.78, 5) is 12.1. The number of allylic oxidation sites excluding steroid dienone is 1. The minimum Gasteiger partial charge on any atom is -0.494 e. The predicted molar refractivity (Wildman–Crippen MR) is 93.1 cm³/mol. The normalized spacial score (nSPS) is 16.7. The van der Waals surface area contributed by atoms with E-state index < -0.39 is 12.0 Å². The van der Waals surface area contributed by atoms with Crippen molar-refractivity contribution >= 4 is 23.3 Å². The predicted octanol–water partition coefficient (Wildman–Crippen LogP) is 2.33. The molecule has 0 bridgehead atoms. The van der Waals surface area contributed by atoms with Gasteiger partial charge in [-0.25, -0.2) is 4.79 Å². The van der Waals surface area contributed by atoms with Gasteiger partial charge in [0, 0.05) is 12.1 Å². The first kappa shape index (κ1) is 17.8. The van der Waals surface area contributed by atoms with Crippen molar-refractivity contribution in [1.29, 1.82) is 5.26 Å². The molecule has 0 amide bonds. The first-order valence-electron chi connectivity index (χ1n) is 7.53. The van der Waals surface area contributed by atoms with Crippen molar-refractivity contribution in [3.05, 3.63) is 41.1 Å². The van der Waals surface area contributed by atoms with Crippen LogP contribution < -0.4 is 15.4 Å². The van der Waals surface area contributed by atoms with Crippen molar-refractivity contribution in [1.82, 2.24) is 10.6 Å². The molecule has 2 rings (SSSR count). The van der Waals surface area contributed by atoms with Crippen LogP contribution in [0.5, 0.6) is 5.75 Å². The van der Waals surface area contributed by atoms with Crippen LogP contribution in [-0.2, 0) is 9.53 Å². The molecule has 0 aliphatic carbocycles. The van der Waals surface area contributed by atoms with Gasteiger partial charge in [-0.2, -0.15) is 5.26 Å². The van der Waals surface area contributed by atoms with E-state index in [1.54, 1.807) is 6.92 Å². The van der Waals surface area contributed by atoms with Crippen LogP contribution in [0, 0.1) is 11.3 Å². The molecule has 2 N–H and O–H groups in total. The maximum absolute atomic E-state index is 12.1. The highest BCUT2D eigenvalue weighted by Crippen LogP contribution is 2.29. The molecule has 7 heteroatoms. The van der Waals surface area contributed by atoms with E-state index in [4.69, 9.17) is 27.0 Å². The molecule has 0 unspecified atom stereocenters. The van der Waals surface area contributed by atoms with Crippen molar-refractivity contribution in [2.45, 2.75) is 25.8 Å². The second-order valence-electron chi connectivity index (χ2n) is 5.24. The average Bonchev–Trinajstić information content (AvgIpc) is 2.58.